The molecule has 0 aromatic carbocycles. The molecule has 2 atom stereocenters. The largest absolute Gasteiger partial charge is 0.472 e. The van der Waals surface area contributed by atoms with Gasteiger partial charge in [-0.1, -0.05) is 0 Å². The van der Waals surface area contributed by atoms with Gasteiger partial charge in [-0.15, -0.1) is 0 Å². The van der Waals surface area contributed by atoms with Crippen molar-refractivity contribution in [1.82, 2.24) is 10.2 Å². The molecule has 80 valence electrons. The van der Waals surface area contributed by atoms with E-state index in [4.69, 9.17) is 4.42 Å². The Labute approximate surface area is 88.2 Å². The fourth-order valence-corrected chi connectivity index (χ4v) is 2.62. The minimum absolute atomic E-state index is 0.0125. The lowest BCUT2D eigenvalue weighted by Gasteiger charge is -2.17. The van der Waals surface area contributed by atoms with E-state index in [1.807, 2.05) is 0 Å². The molecule has 0 unspecified atom stereocenters. The Morgan fingerprint density at radius 2 is 2.60 bits per heavy atom. The molecule has 2 aliphatic rings. The van der Waals surface area contributed by atoms with Crippen molar-refractivity contribution in [3.8, 4) is 0 Å². The quantitative estimate of drug-likeness (QED) is 0.775. The Hall–Kier alpha value is -1.29. The average Bonchev–Trinajstić information content (AvgIpc) is 2.64. The highest BCUT2D eigenvalue weighted by Crippen LogP contribution is 2.48. The third-order valence-corrected chi connectivity index (χ3v) is 3.46. The molecular weight excluding hydrogens is 192 g/mol. The third kappa shape index (κ3) is 1.36. The first kappa shape index (κ1) is 8.97. The lowest BCUT2D eigenvalue weighted by molar-refractivity contribution is 0.0928. The van der Waals surface area contributed by atoms with E-state index >= 15 is 0 Å². The van der Waals surface area contributed by atoms with Crippen molar-refractivity contribution >= 4 is 5.91 Å². The fraction of sp³-hybridized carbons (Fsp3) is 0.545. The monoisotopic (exact) mass is 206 g/mol. The summed E-state index contributed by atoms with van der Waals surface area (Å²) in [4.78, 5) is 14.1. The summed E-state index contributed by atoms with van der Waals surface area (Å²) in [5.74, 6) is 0.639. The van der Waals surface area contributed by atoms with Crippen molar-refractivity contribution in [2.45, 2.75) is 12.0 Å². The molecule has 1 aromatic heterocycles. The number of hydrogen-bond acceptors (Lipinski definition) is 3. The number of piperidine rings is 1. The van der Waals surface area contributed by atoms with E-state index < -0.39 is 0 Å². The standard InChI is InChI=1S/C11H14N2O2/c1-13-5-9-4-11(9,7-13)12-10(14)8-2-3-15-6-8/h2-3,6,9H,4-5,7H2,1H3,(H,12,14)/t9-,11+/m1/s1. The SMILES string of the molecule is CN1C[C@H]2C[C@]2(NC(=O)c2ccoc2)C1. The van der Waals surface area contributed by atoms with E-state index in [2.05, 4.69) is 17.3 Å². The topological polar surface area (TPSA) is 45.5 Å². The number of fused-ring (bicyclic) bond motifs is 1. The first-order valence-corrected chi connectivity index (χ1v) is 5.23. The van der Waals surface area contributed by atoms with Gasteiger partial charge in [0.05, 0.1) is 17.4 Å². The average molecular weight is 206 g/mol. The number of hydrogen-bond donors (Lipinski definition) is 1. The Bertz CT molecular complexity index is 387. The van der Waals surface area contributed by atoms with Crippen molar-refractivity contribution < 1.29 is 9.21 Å². The summed E-state index contributed by atoms with van der Waals surface area (Å²) in [5.41, 5.74) is 0.674. The normalized spacial score (nSPS) is 33.8. The van der Waals surface area contributed by atoms with Gasteiger partial charge in [-0.05, 0) is 25.5 Å². The molecule has 2 heterocycles. The highest BCUT2D eigenvalue weighted by Gasteiger charge is 2.60. The summed E-state index contributed by atoms with van der Waals surface area (Å²) in [6, 6.07) is 1.70. The van der Waals surface area contributed by atoms with E-state index in [9.17, 15) is 4.79 Å². The van der Waals surface area contributed by atoms with Crippen molar-refractivity contribution in [2.24, 2.45) is 5.92 Å². The van der Waals surface area contributed by atoms with Crippen LogP contribution in [0, 0.1) is 5.92 Å². The molecule has 15 heavy (non-hydrogen) atoms. The summed E-state index contributed by atoms with van der Waals surface area (Å²) < 4.78 is 4.90. The molecule has 1 aliphatic heterocycles. The second-order valence-corrected chi connectivity index (χ2v) is 4.72. The summed E-state index contributed by atoms with van der Waals surface area (Å²) in [7, 11) is 2.10. The van der Waals surface area contributed by atoms with E-state index in [-0.39, 0.29) is 11.4 Å². The Morgan fingerprint density at radius 1 is 1.73 bits per heavy atom. The molecule has 1 amide bonds. The smallest absolute Gasteiger partial charge is 0.255 e. The molecular formula is C11H14N2O2. The highest BCUT2D eigenvalue weighted by atomic mass is 16.3. The first-order chi connectivity index (χ1) is 7.20. The lowest BCUT2D eigenvalue weighted by Crippen LogP contribution is -2.41. The van der Waals surface area contributed by atoms with Crippen LogP contribution in [0.2, 0.25) is 0 Å². The molecule has 1 aliphatic carbocycles. The van der Waals surface area contributed by atoms with Gasteiger partial charge in [0.2, 0.25) is 0 Å². The Kier molecular flexibility index (Phi) is 1.71. The van der Waals surface area contributed by atoms with Crippen LogP contribution in [0.15, 0.2) is 23.0 Å². The summed E-state index contributed by atoms with van der Waals surface area (Å²) >= 11 is 0. The van der Waals surface area contributed by atoms with E-state index in [0.29, 0.717) is 11.5 Å². The van der Waals surface area contributed by atoms with Crippen molar-refractivity contribution in [1.29, 1.82) is 0 Å². The number of amides is 1. The third-order valence-electron chi connectivity index (χ3n) is 3.46. The zero-order chi connectivity index (χ0) is 10.5. The molecule has 1 saturated heterocycles. The number of carbonyl (C=O) groups excluding carboxylic acids is 1. The van der Waals surface area contributed by atoms with Crippen LogP contribution >= 0.6 is 0 Å². The van der Waals surface area contributed by atoms with Crippen molar-refractivity contribution in [3.05, 3.63) is 24.2 Å². The number of nitrogens with zero attached hydrogens (tertiary/aromatic N) is 1. The zero-order valence-electron chi connectivity index (χ0n) is 8.69. The van der Waals surface area contributed by atoms with Gasteiger partial charge in [0.25, 0.3) is 5.91 Å². The summed E-state index contributed by atoms with van der Waals surface area (Å²) in [6.45, 7) is 2.08. The fourth-order valence-electron chi connectivity index (χ4n) is 2.62. The highest BCUT2D eigenvalue weighted by molar-refractivity contribution is 5.94. The van der Waals surface area contributed by atoms with Crippen LogP contribution in [0.25, 0.3) is 0 Å². The Morgan fingerprint density at radius 3 is 3.20 bits per heavy atom. The molecule has 0 radical (unpaired) electrons. The van der Waals surface area contributed by atoms with E-state index in [1.165, 1.54) is 12.5 Å². The first-order valence-electron chi connectivity index (χ1n) is 5.23. The molecule has 3 rings (SSSR count). The van der Waals surface area contributed by atoms with Crippen LogP contribution in [0.4, 0.5) is 0 Å². The molecule has 1 saturated carbocycles. The van der Waals surface area contributed by atoms with Gasteiger partial charge < -0.3 is 14.6 Å². The van der Waals surface area contributed by atoms with Gasteiger partial charge in [-0.2, -0.15) is 0 Å². The number of furan rings is 1. The van der Waals surface area contributed by atoms with Gasteiger partial charge in [0.1, 0.15) is 6.26 Å². The maximum Gasteiger partial charge on any atom is 0.255 e. The van der Waals surface area contributed by atoms with Crippen LogP contribution in [0.5, 0.6) is 0 Å². The van der Waals surface area contributed by atoms with Crippen LogP contribution in [0.3, 0.4) is 0 Å². The van der Waals surface area contributed by atoms with E-state index in [0.717, 1.165) is 19.5 Å². The molecule has 0 bridgehead atoms. The van der Waals surface area contributed by atoms with Gasteiger partial charge >= 0.3 is 0 Å². The lowest BCUT2D eigenvalue weighted by atomic mass is 10.2. The van der Waals surface area contributed by atoms with Gasteiger partial charge in [0, 0.05) is 13.1 Å². The molecule has 1 aromatic rings. The van der Waals surface area contributed by atoms with Crippen LogP contribution < -0.4 is 5.32 Å². The van der Waals surface area contributed by atoms with Crippen LogP contribution in [0.1, 0.15) is 16.8 Å². The minimum atomic E-state index is -0.0125. The molecule has 0 spiro atoms. The van der Waals surface area contributed by atoms with Gasteiger partial charge in [-0.3, -0.25) is 4.79 Å². The summed E-state index contributed by atoms with van der Waals surface area (Å²) in [6.07, 6.45) is 4.14. The van der Waals surface area contributed by atoms with E-state index in [1.54, 1.807) is 6.07 Å². The van der Waals surface area contributed by atoms with Crippen molar-refractivity contribution in [2.75, 3.05) is 20.1 Å². The second kappa shape index (κ2) is 2.85. The predicted molar refractivity (Wildman–Crippen MR) is 54.5 cm³/mol. The van der Waals surface area contributed by atoms with Crippen LogP contribution in [-0.2, 0) is 0 Å². The van der Waals surface area contributed by atoms with Crippen LogP contribution in [-0.4, -0.2) is 36.5 Å². The maximum atomic E-state index is 11.8. The minimum Gasteiger partial charge on any atom is -0.472 e. The number of nitrogens with one attached hydrogen (secondary N) is 1. The zero-order valence-corrected chi connectivity index (χ0v) is 8.69. The number of likely N-dealkylation sites (N-methyl/N-ethyl adjacent to an activating group) is 1. The van der Waals surface area contributed by atoms with Gasteiger partial charge in [0.15, 0.2) is 0 Å². The summed E-state index contributed by atoms with van der Waals surface area (Å²) in [5, 5.41) is 3.12. The maximum absolute atomic E-state index is 11.8. The Balaban J connectivity index is 1.70. The van der Waals surface area contributed by atoms with Gasteiger partial charge in [-0.25, -0.2) is 0 Å². The molecule has 1 N–H and O–H groups in total. The molecule has 4 heteroatoms. The number of likely N-dealkylation sites (tertiary alicyclic amines) is 1. The number of rotatable bonds is 2. The molecule has 4 nitrogen and oxygen atoms in total. The number of carbonyl (C=O) groups is 1. The predicted octanol–water partition coefficient (Wildman–Crippen LogP) is 0.713. The van der Waals surface area contributed by atoms with Crippen molar-refractivity contribution in [3.63, 3.8) is 0 Å². The molecule has 2 fully saturated rings. The second-order valence-electron chi connectivity index (χ2n) is 4.72.